The standard InChI is InChI=1S/C32H38FN5O5S/c1-32(2,3)43-31(41)38-16-20(39)13-25(38)18-6-7-21(23(33)12-18)24-17-37-26-15-27(42-5)22(14-28(26)44-30(37)35-24)29(40)34-19-8-10-36(4)11-9-19/h6-7,12,14-15,17,19-20,25,39H,8-11,13,16H2,1-5H3,(H,34,40)/t20-,25-/m1/s1. The van der Waals surface area contributed by atoms with E-state index in [1.165, 1.54) is 22.3 Å². The lowest BCUT2D eigenvalue weighted by Crippen LogP contribution is -2.43. The van der Waals surface area contributed by atoms with Gasteiger partial charge in [-0.05, 0) is 83.9 Å². The molecule has 0 bridgehead atoms. The highest BCUT2D eigenvalue weighted by Gasteiger charge is 2.38. The Kier molecular flexibility index (Phi) is 8.02. The topological polar surface area (TPSA) is 109 Å². The predicted octanol–water partition coefficient (Wildman–Crippen LogP) is 5.23. The number of halogens is 1. The van der Waals surface area contributed by atoms with Crippen molar-refractivity contribution < 1.29 is 28.6 Å². The number of carbonyl (C=O) groups is 2. The molecule has 2 aromatic carbocycles. The average Bonchev–Trinajstić information content (AvgIpc) is 3.65. The van der Waals surface area contributed by atoms with Gasteiger partial charge in [-0.15, -0.1) is 0 Å². The Morgan fingerprint density at radius 3 is 2.59 bits per heavy atom. The van der Waals surface area contributed by atoms with E-state index in [1.54, 1.807) is 46.2 Å². The molecule has 44 heavy (non-hydrogen) atoms. The molecule has 0 saturated carbocycles. The molecule has 2 aromatic heterocycles. The van der Waals surface area contributed by atoms with E-state index < -0.39 is 29.7 Å². The number of piperidine rings is 1. The fourth-order valence-electron chi connectivity index (χ4n) is 6.02. The number of nitrogens with zero attached hydrogens (tertiary/aromatic N) is 4. The van der Waals surface area contributed by atoms with E-state index in [2.05, 4.69) is 17.3 Å². The van der Waals surface area contributed by atoms with Gasteiger partial charge in [0.15, 0.2) is 4.96 Å². The molecule has 12 heteroatoms. The van der Waals surface area contributed by atoms with E-state index >= 15 is 4.39 Å². The summed E-state index contributed by atoms with van der Waals surface area (Å²) in [6, 6.07) is 8.10. The third-order valence-electron chi connectivity index (χ3n) is 8.27. The van der Waals surface area contributed by atoms with Gasteiger partial charge in [0, 0.05) is 23.9 Å². The third kappa shape index (κ3) is 5.98. The molecule has 10 nitrogen and oxygen atoms in total. The number of thiazole rings is 1. The molecule has 0 unspecified atom stereocenters. The summed E-state index contributed by atoms with van der Waals surface area (Å²) < 4.78 is 29.5. The van der Waals surface area contributed by atoms with E-state index in [9.17, 15) is 14.7 Å². The Hall–Kier alpha value is -3.74. The summed E-state index contributed by atoms with van der Waals surface area (Å²) in [7, 11) is 3.63. The molecule has 2 aliphatic rings. The number of ether oxygens (including phenoxy) is 2. The van der Waals surface area contributed by atoms with Gasteiger partial charge in [0.1, 0.15) is 17.2 Å². The molecule has 2 amide bonds. The van der Waals surface area contributed by atoms with Crippen molar-refractivity contribution in [1.82, 2.24) is 24.5 Å². The van der Waals surface area contributed by atoms with Crippen LogP contribution in [0.4, 0.5) is 9.18 Å². The highest BCUT2D eigenvalue weighted by atomic mass is 32.1. The molecular weight excluding hydrogens is 585 g/mol. The lowest BCUT2D eigenvalue weighted by molar-refractivity contribution is 0.0206. The summed E-state index contributed by atoms with van der Waals surface area (Å²) in [5.74, 6) is -0.178. The lowest BCUT2D eigenvalue weighted by Gasteiger charge is -2.29. The minimum Gasteiger partial charge on any atom is -0.496 e. The number of rotatable bonds is 5. The van der Waals surface area contributed by atoms with Crippen LogP contribution < -0.4 is 10.1 Å². The molecule has 2 atom stereocenters. The number of carbonyl (C=O) groups excluding carboxylic acids is 2. The largest absolute Gasteiger partial charge is 0.496 e. The van der Waals surface area contributed by atoms with Gasteiger partial charge >= 0.3 is 6.09 Å². The Morgan fingerprint density at radius 2 is 1.91 bits per heavy atom. The van der Waals surface area contributed by atoms with Crippen molar-refractivity contribution in [3.05, 3.63) is 53.5 Å². The lowest BCUT2D eigenvalue weighted by atomic mass is 10.0. The molecule has 4 aromatic rings. The molecule has 2 saturated heterocycles. The number of imidazole rings is 1. The van der Waals surface area contributed by atoms with Crippen LogP contribution in [0.2, 0.25) is 0 Å². The van der Waals surface area contributed by atoms with E-state index in [4.69, 9.17) is 14.5 Å². The van der Waals surface area contributed by atoms with Crippen molar-refractivity contribution in [2.24, 2.45) is 0 Å². The Balaban J connectivity index is 1.26. The first kappa shape index (κ1) is 30.3. The molecule has 0 aliphatic carbocycles. The van der Waals surface area contributed by atoms with Crippen molar-refractivity contribution >= 4 is 38.5 Å². The zero-order chi connectivity index (χ0) is 31.3. The normalized spacial score (nSPS) is 20.0. The Morgan fingerprint density at radius 1 is 1.16 bits per heavy atom. The van der Waals surface area contributed by atoms with Crippen molar-refractivity contribution in [3.63, 3.8) is 0 Å². The van der Waals surface area contributed by atoms with Gasteiger partial charge in [0.25, 0.3) is 5.91 Å². The van der Waals surface area contributed by atoms with Crippen LogP contribution in [-0.2, 0) is 4.74 Å². The first-order chi connectivity index (χ1) is 20.9. The average molecular weight is 624 g/mol. The molecule has 6 rings (SSSR count). The maximum absolute atomic E-state index is 15.6. The summed E-state index contributed by atoms with van der Waals surface area (Å²) in [6.45, 7) is 7.36. The maximum Gasteiger partial charge on any atom is 0.410 e. The molecule has 2 fully saturated rings. The molecule has 0 radical (unpaired) electrons. The number of likely N-dealkylation sites (tertiary alicyclic amines) is 2. The first-order valence-corrected chi connectivity index (χ1v) is 15.7. The number of aliphatic hydroxyl groups is 1. The maximum atomic E-state index is 15.6. The molecule has 234 valence electrons. The highest BCUT2D eigenvalue weighted by Crippen LogP contribution is 2.37. The number of aromatic nitrogens is 2. The van der Waals surface area contributed by atoms with Crippen LogP contribution in [0.1, 0.15) is 62.0 Å². The summed E-state index contributed by atoms with van der Waals surface area (Å²) in [5, 5.41) is 13.5. The third-order valence-corrected chi connectivity index (χ3v) is 9.29. The number of amides is 2. The minimum atomic E-state index is -0.721. The van der Waals surface area contributed by atoms with Crippen molar-refractivity contribution in [3.8, 4) is 17.0 Å². The van der Waals surface area contributed by atoms with Crippen LogP contribution in [0.3, 0.4) is 0 Å². The van der Waals surface area contributed by atoms with E-state index in [0.29, 0.717) is 39.5 Å². The monoisotopic (exact) mass is 623 g/mol. The number of aliphatic hydroxyl groups excluding tert-OH is 1. The molecule has 2 aliphatic heterocycles. The van der Waals surface area contributed by atoms with Gasteiger partial charge in [-0.2, -0.15) is 0 Å². The number of benzene rings is 2. The molecule has 0 spiro atoms. The second-order valence-electron chi connectivity index (χ2n) is 12.7. The number of nitrogens with one attached hydrogen (secondary N) is 1. The predicted molar refractivity (Wildman–Crippen MR) is 167 cm³/mol. The number of β-amino-alcohol motifs (C(OH)–C–C–N with tert-alkyl or cyclic N) is 1. The van der Waals surface area contributed by atoms with Crippen molar-refractivity contribution in [1.29, 1.82) is 0 Å². The van der Waals surface area contributed by atoms with Crippen LogP contribution >= 0.6 is 11.3 Å². The fourth-order valence-corrected chi connectivity index (χ4v) is 7.04. The fraction of sp³-hybridized carbons (Fsp3) is 0.469. The second-order valence-corrected chi connectivity index (χ2v) is 13.7. The van der Waals surface area contributed by atoms with Gasteiger partial charge in [0.05, 0.1) is 47.3 Å². The Labute approximate surface area is 259 Å². The van der Waals surface area contributed by atoms with Crippen LogP contribution in [0.25, 0.3) is 26.4 Å². The van der Waals surface area contributed by atoms with Crippen LogP contribution in [0.5, 0.6) is 5.75 Å². The Bertz CT molecular complexity index is 1720. The number of hydrogen-bond acceptors (Lipinski definition) is 8. The van der Waals surface area contributed by atoms with Crippen LogP contribution in [-0.4, -0.2) is 87.8 Å². The number of methoxy groups -OCH3 is 1. The summed E-state index contributed by atoms with van der Waals surface area (Å²) in [6.07, 6.45) is 2.62. The molecule has 4 heterocycles. The van der Waals surface area contributed by atoms with E-state index in [-0.39, 0.29) is 18.5 Å². The second kappa shape index (κ2) is 11.6. The number of fused-ring (bicyclic) bond motifs is 3. The van der Waals surface area contributed by atoms with Gasteiger partial charge in [-0.1, -0.05) is 17.4 Å². The quantitative estimate of drug-likeness (QED) is 0.314. The van der Waals surface area contributed by atoms with Gasteiger partial charge < -0.3 is 24.8 Å². The first-order valence-electron chi connectivity index (χ1n) is 14.9. The summed E-state index contributed by atoms with van der Waals surface area (Å²) >= 11 is 1.41. The van der Waals surface area contributed by atoms with Crippen LogP contribution in [0.15, 0.2) is 36.5 Å². The van der Waals surface area contributed by atoms with E-state index in [1.807, 2.05) is 16.5 Å². The van der Waals surface area contributed by atoms with Crippen LogP contribution in [0, 0.1) is 5.82 Å². The molecule has 2 N–H and O–H groups in total. The summed E-state index contributed by atoms with van der Waals surface area (Å²) in [5.41, 5.74) is 1.95. The molecular formula is C32H38FN5O5S. The zero-order valence-corrected chi connectivity index (χ0v) is 26.4. The summed E-state index contributed by atoms with van der Waals surface area (Å²) in [4.78, 5) is 35.1. The zero-order valence-electron chi connectivity index (χ0n) is 25.6. The number of hydrogen-bond donors (Lipinski definition) is 2. The van der Waals surface area contributed by atoms with Gasteiger partial charge in [-0.25, -0.2) is 14.2 Å². The highest BCUT2D eigenvalue weighted by molar-refractivity contribution is 7.23. The van der Waals surface area contributed by atoms with Gasteiger partial charge in [0.2, 0.25) is 0 Å². The smallest absolute Gasteiger partial charge is 0.410 e. The van der Waals surface area contributed by atoms with E-state index in [0.717, 1.165) is 36.1 Å². The minimum absolute atomic E-state index is 0.123. The van der Waals surface area contributed by atoms with Crippen molar-refractivity contribution in [2.45, 2.75) is 63.8 Å². The SMILES string of the molecule is COc1cc2c(cc1C(=O)NC1CCN(C)CC1)sc1nc(-c3ccc([C@H]4C[C@@H](O)CN4C(=O)OC(C)(C)C)cc3F)cn12. The van der Waals surface area contributed by atoms with Gasteiger partial charge in [-0.3, -0.25) is 14.1 Å². The van der Waals surface area contributed by atoms with Crippen molar-refractivity contribution in [2.75, 3.05) is 33.8 Å².